The molecule has 29 heavy (non-hydrogen) atoms. The number of carboxylic acid groups (broad SMARTS) is 1. The van der Waals surface area contributed by atoms with Crippen LogP contribution in [0.1, 0.15) is 68.1 Å². The van der Waals surface area contributed by atoms with Crippen molar-refractivity contribution in [2.24, 2.45) is 11.8 Å². The van der Waals surface area contributed by atoms with Gasteiger partial charge in [-0.3, -0.25) is 4.79 Å². The second-order valence-corrected chi connectivity index (χ2v) is 8.07. The minimum absolute atomic E-state index is 0.179. The Hall–Kier alpha value is -1.82. The van der Waals surface area contributed by atoms with E-state index in [0.717, 1.165) is 32.1 Å². The van der Waals surface area contributed by atoms with E-state index in [-0.39, 0.29) is 18.5 Å². The molecule has 2 atom stereocenters. The molecular formula is C23H32F3NO2. The molecule has 0 bridgehead atoms. The van der Waals surface area contributed by atoms with Gasteiger partial charge in [0.15, 0.2) is 0 Å². The Labute approximate surface area is 171 Å². The smallest absolute Gasteiger partial charge is 0.416 e. The zero-order valence-electron chi connectivity index (χ0n) is 17.1. The second kappa shape index (κ2) is 11.4. The lowest BCUT2D eigenvalue weighted by molar-refractivity contribution is -0.138. The predicted octanol–water partition coefficient (Wildman–Crippen LogP) is 6.11. The first-order valence-corrected chi connectivity index (χ1v) is 10.5. The molecule has 6 heteroatoms. The Kier molecular flexibility index (Phi) is 9.21. The number of alkyl halides is 3. The molecule has 2 N–H and O–H groups in total. The molecule has 0 unspecified atom stereocenters. The van der Waals surface area contributed by atoms with Gasteiger partial charge in [-0.15, -0.1) is 0 Å². The average molecular weight is 412 g/mol. The molecule has 1 saturated carbocycles. The van der Waals surface area contributed by atoms with Crippen LogP contribution in [0.5, 0.6) is 0 Å². The molecule has 0 radical (unpaired) electrons. The van der Waals surface area contributed by atoms with Crippen molar-refractivity contribution < 1.29 is 23.1 Å². The van der Waals surface area contributed by atoms with E-state index < -0.39 is 17.7 Å². The van der Waals surface area contributed by atoms with Crippen molar-refractivity contribution in [3.05, 3.63) is 47.0 Å². The van der Waals surface area contributed by atoms with Crippen molar-refractivity contribution in [1.82, 2.24) is 5.32 Å². The molecule has 0 saturated heterocycles. The van der Waals surface area contributed by atoms with Gasteiger partial charge in [-0.2, -0.15) is 13.2 Å². The molecular weight excluding hydrogens is 379 g/mol. The zero-order valence-corrected chi connectivity index (χ0v) is 17.1. The lowest BCUT2D eigenvalue weighted by Crippen LogP contribution is -2.27. The summed E-state index contributed by atoms with van der Waals surface area (Å²) in [4.78, 5) is 10.6. The number of benzene rings is 1. The van der Waals surface area contributed by atoms with Crippen molar-refractivity contribution in [2.45, 2.75) is 71.0 Å². The molecule has 0 heterocycles. The van der Waals surface area contributed by atoms with Crippen LogP contribution < -0.4 is 5.32 Å². The highest BCUT2D eigenvalue weighted by atomic mass is 19.4. The monoisotopic (exact) mass is 411 g/mol. The third-order valence-corrected chi connectivity index (χ3v) is 5.66. The normalized spacial score (nSPS) is 20.7. The first kappa shape index (κ1) is 23.5. The molecule has 1 aromatic rings. The van der Waals surface area contributed by atoms with Gasteiger partial charge in [0.25, 0.3) is 0 Å². The number of carbonyl (C=O) groups is 1. The minimum Gasteiger partial charge on any atom is -0.481 e. The summed E-state index contributed by atoms with van der Waals surface area (Å²) in [6.45, 7) is 2.57. The van der Waals surface area contributed by atoms with Gasteiger partial charge in [-0.25, -0.2) is 0 Å². The van der Waals surface area contributed by atoms with Crippen LogP contribution in [0.25, 0.3) is 0 Å². The van der Waals surface area contributed by atoms with Gasteiger partial charge >= 0.3 is 12.1 Å². The van der Waals surface area contributed by atoms with Gasteiger partial charge in [0, 0.05) is 13.0 Å². The number of rotatable bonds is 9. The summed E-state index contributed by atoms with van der Waals surface area (Å²) >= 11 is 0. The number of unbranched alkanes of at least 4 members (excludes halogenated alkanes) is 1. The summed E-state index contributed by atoms with van der Waals surface area (Å²) in [7, 11) is 0. The molecule has 0 amide bonds. The van der Waals surface area contributed by atoms with Gasteiger partial charge in [-0.05, 0) is 62.6 Å². The van der Waals surface area contributed by atoms with Crippen LogP contribution in [-0.2, 0) is 17.5 Å². The topological polar surface area (TPSA) is 49.3 Å². The quantitative estimate of drug-likeness (QED) is 0.293. The Morgan fingerprint density at radius 1 is 1.24 bits per heavy atom. The van der Waals surface area contributed by atoms with Crippen LogP contribution in [0.15, 0.2) is 30.4 Å². The second-order valence-electron chi connectivity index (χ2n) is 8.07. The molecule has 0 aliphatic heterocycles. The van der Waals surface area contributed by atoms with Crippen LogP contribution in [-0.4, -0.2) is 17.6 Å². The summed E-state index contributed by atoms with van der Waals surface area (Å²) < 4.78 is 39.9. The molecule has 0 aromatic heterocycles. The predicted molar refractivity (Wildman–Crippen MR) is 109 cm³/mol. The van der Waals surface area contributed by atoms with E-state index in [2.05, 4.69) is 17.5 Å². The third-order valence-electron chi connectivity index (χ3n) is 5.66. The van der Waals surface area contributed by atoms with Gasteiger partial charge in [-0.1, -0.05) is 49.1 Å². The van der Waals surface area contributed by atoms with Crippen molar-refractivity contribution in [3.63, 3.8) is 0 Å². The van der Waals surface area contributed by atoms with E-state index in [1.54, 1.807) is 19.1 Å². The third kappa shape index (κ3) is 8.21. The minimum atomic E-state index is -4.34. The van der Waals surface area contributed by atoms with E-state index in [1.807, 2.05) is 0 Å². The van der Waals surface area contributed by atoms with Crippen molar-refractivity contribution >= 4 is 5.97 Å². The fourth-order valence-corrected chi connectivity index (χ4v) is 4.06. The molecule has 3 nitrogen and oxygen atoms in total. The molecule has 0 spiro atoms. The molecule has 1 fully saturated rings. The van der Waals surface area contributed by atoms with Crippen molar-refractivity contribution in [2.75, 3.05) is 6.54 Å². The Bertz CT molecular complexity index is 685. The van der Waals surface area contributed by atoms with Crippen LogP contribution in [0.2, 0.25) is 0 Å². The molecule has 162 valence electrons. The number of allylic oxidation sites excluding steroid dienone is 2. The molecule has 1 aromatic carbocycles. The number of carboxylic acids is 1. The fraction of sp³-hybridized carbons (Fsp3) is 0.609. The van der Waals surface area contributed by atoms with E-state index in [0.29, 0.717) is 30.4 Å². The first-order chi connectivity index (χ1) is 13.8. The maximum Gasteiger partial charge on any atom is 0.416 e. The van der Waals surface area contributed by atoms with Crippen LogP contribution in [0.4, 0.5) is 13.2 Å². The van der Waals surface area contributed by atoms with Crippen molar-refractivity contribution in [1.29, 1.82) is 0 Å². The Morgan fingerprint density at radius 2 is 2.00 bits per heavy atom. The largest absolute Gasteiger partial charge is 0.481 e. The van der Waals surface area contributed by atoms with E-state index in [9.17, 15) is 18.0 Å². The van der Waals surface area contributed by atoms with Crippen LogP contribution in [0, 0.1) is 18.8 Å². The maximum absolute atomic E-state index is 13.3. The number of hydrogen-bond acceptors (Lipinski definition) is 2. The van der Waals surface area contributed by atoms with Gasteiger partial charge in [0.1, 0.15) is 0 Å². The summed E-state index contributed by atoms with van der Waals surface area (Å²) in [5.74, 6) is 0.0206. The van der Waals surface area contributed by atoms with Gasteiger partial charge in [0.05, 0.1) is 5.56 Å². The van der Waals surface area contributed by atoms with E-state index in [4.69, 9.17) is 5.11 Å². The zero-order chi connectivity index (χ0) is 21.3. The van der Waals surface area contributed by atoms with Crippen molar-refractivity contribution in [3.8, 4) is 0 Å². The number of nitrogens with one attached hydrogen (secondary N) is 1. The SMILES string of the molecule is Cc1ccc(CNC[C@H]2CCCCC[C@@H]2/C=C\CCCC(=O)O)c(C(F)(F)F)c1. The van der Waals surface area contributed by atoms with E-state index in [1.165, 1.54) is 12.5 Å². The highest BCUT2D eigenvalue weighted by molar-refractivity contribution is 5.66. The number of halogens is 3. The standard InChI is InChI=1S/C23H32F3NO2/c1-17-12-13-20(21(14-17)23(24,25)26)16-27-15-19-10-6-2-4-8-18(19)9-5-3-7-11-22(28)29/h5,9,12-14,18-19,27H,2-4,6-8,10-11,15-16H2,1H3,(H,28,29)/b9-5-/t18-,19-/m1/s1. The van der Waals surface area contributed by atoms with Gasteiger partial charge in [0.2, 0.25) is 0 Å². The maximum atomic E-state index is 13.3. The highest BCUT2D eigenvalue weighted by Crippen LogP contribution is 2.33. The Balaban J connectivity index is 1.93. The van der Waals surface area contributed by atoms with Gasteiger partial charge < -0.3 is 10.4 Å². The number of hydrogen-bond donors (Lipinski definition) is 2. The van der Waals surface area contributed by atoms with Crippen LogP contribution in [0.3, 0.4) is 0 Å². The lowest BCUT2D eigenvalue weighted by atomic mass is 9.87. The number of aliphatic carboxylic acids is 1. The average Bonchev–Trinajstić information content (AvgIpc) is 2.87. The van der Waals surface area contributed by atoms with Crippen LogP contribution >= 0.6 is 0 Å². The molecule has 1 aliphatic rings. The summed E-state index contributed by atoms with van der Waals surface area (Å²) in [5, 5.41) is 12.0. The highest BCUT2D eigenvalue weighted by Gasteiger charge is 2.33. The summed E-state index contributed by atoms with van der Waals surface area (Å²) in [5.41, 5.74) is 0.344. The molecule has 1 aliphatic carbocycles. The first-order valence-electron chi connectivity index (χ1n) is 10.5. The molecule has 2 rings (SSSR count). The number of aryl methyl sites for hydroxylation is 1. The van der Waals surface area contributed by atoms with E-state index >= 15 is 0 Å². The summed E-state index contributed by atoms with van der Waals surface area (Å²) in [6.07, 6.45) is 7.15. The summed E-state index contributed by atoms with van der Waals surface area (Å²) in [6, 6.07) is 4.50. The Morgan fingerprint density at radius 3 is 2.72 bits per heavy atom. The lowest BCUT2D eigenvalue weighted by Gasteiger charge is -2.23. The fourth-order valence-electron chi connectivity index (χ4n) is 4.06.